The molecular weight excluding hydrogens is 302 g/mol. The van der Waals surface area contributed by atoms with Crippen molar-refractivity contribution in [1.82, 2.24) is 9.88 Å². The van der Waals surface area contributed by atoms with E-state index in [9.17, 15) is 4.79 Å². The van der Waals surface area contributed by atoms with Gasteiger partial charge in [0.2, 0.25) is 0 Å². The van der Waals surface area contributed by atoms with Gasteiger partial charge >= 0.3 is 0 Å². The largest absolute Gasteiger partial charge is 0.396 e. The Morgan fingerprint density at radius 2 is 2.08 bits per heavy atom. The lowest BCUT2D eigenvalue weighted by Crippen LogP contribution is -2.37. The van der Waals surface area contributed by atoms with Crippen LogP contribution in [0.1, 0.15) is 55.8 Å². The van der Waals surface area contributed by atoms with E-state index < -0.39 is 0 Å². The summed E-state index contributed by atoms with van der Waals surface area (Å²) in [6.07, 6.45) is 8.22. The molecule has 1 aliphatic carbocycles. The van der Waals surface area contributed by atoms with Crippen molar-refractivity contribution in [1.29, 1.82) is 0 Å². The van der Waals surface area contributed by atoms with E-state index in [1.165, 1.54) is 12.8 Å². The number of nitrogens with zero attached hydrogens (tertiary/aromatic N) is 2. The number of aromatic nitrogens is 1. The fourth-order valence-electron chi connectivity index (χ4n) is 3.93. The first kappa shape index (κ1) is 17.2. The van der Waals surface area contributed by atoms with Gasteiger partial charge in [0, 0.05) is 31.9 Å². The Bertz CT molecular complexity index is 538. The molecule has 1 saturated carbocycles. The minimum absolute atomic E-state index is 0.0972. The number of amides is 1. The Hall–Kier alpha value is -1.62. The number of likely N-dealkylation sites (tertiary alicyclic amines) is 1. The number of rotatable bonds is 5. The standard InChI is InChI=1S/C19H29N3O2/c1-14-7-10-22(11-8-14)19(24)16-5-6-18(20-13-16)21-17-4-2-3-15(17)9-12-23/h5-6,13-15,17,23H,2-4,7-12H2,1H3,(H,20,21). The highest BCUT2D eigenvalue weighted by Crippen LogP contribution is 2.30. The predicted molar refractivity (Wildman–Crippen MR) is 95.0 cm³/mol. The van der Waals surface area contributed by atoms with Gasteiger partial charge in [0.15, 0.2) is 0 Å². The number of hydrogen-bond donors (Lipinski definition) is 2. The lowest BCUT2D eigenvalue weighted by atomic mass is 9.99. The minimum Gasteiger partial charge on any atom is -0.396 e. The number of pyridine rings is 1. The number of anilines is 1. The highest BCUT2D eigenvalue weighted by Gasteiger charge is 2.27. The van der Waals surface area contributed by atoms with Crippen LogP contribution >= 0.6 is 0 Å². The van der Waals surface area contributed by atoms with Crippen LogP contribution < -0.4 is 5.32 Å². The number of aliphatic hydroxyl groups excluding tert-OH is 1. The zero-order valence-corrected chi connectivity index (χ0v) is 14.6. The molecule has 2 fully saturated rings. The summed E-state index contributed by atoms with van der Waals surface area (Å²) in [7, 11) is 0. The monoisotopic (exact) mass is 331 g/mol. The van der Waals surface area contributed by atoms with Crippen LogP contribution in [0.4, 0.5) is 5.82 Å². The van der Waals surface area contributed by atoms with Crippen LogP contribution in [0, 0.1) is 11.8 Å². The van der Waals surface area contributed by atoms with Gasteiger partial charge in [-0.2, -0.15) is 0 Å². The zero-order valence-electron chi connectivity index (χ0n) is 14.6. The number of carbonyl (C=O) groups excluding carboxylic acids is 1. The second-order valence-corrected chi connectivity index (χ2v) is 7.36. The average molecular weight is 331 g/mol. The molecule has 1 amide bonds. The fourth-order valence-corrected chi connectivity index (χ4v) is 3.93. The number of hydrogen-bond acceptors (Lipinski definition) is 4. The summed E-state index contributed by atoms with van der Waals surface area (Å²) in [4.78, 5) is 18.9. The lowest BCUT2D eigenvalue weighted by Gasteiger charge is -2.30. The summed E-state index contributed by atoms with van der Waals surface area (Å²) in [6, 6.07) is 4.18. The molecule has 132 valence electrons. The molecule has 5 nitrogen and oxygen atoms in total. The Morgan fingerprint density at radius 1 is 1.29 bits per heavy atom. The molecule has 3 rings (SSSR count). The van der Waals surface area contributed by atoms with Crippen molar-refractivity contribution in [2.45, 2.75) is 51.5 Å². The average Bonchev–Trinajstić information content (AvgIpc) is 3.03. The molecule has 2 atom stereocenters. The van der Waals surface area contributed by atoms with Crippen molar-refractivity contribution in [3.8, 4) is 0 Å². The van der Waals surface area contributed by atoms with Gasteiger partial charge in [-0.05, 0) is 56.1 Å². The first-order valence-corrected chi connectivity index (χ1v) is 9.30. The minimum atomic E-state index is 0.0972. The van der Waals surface area contributed by atoms with Gasteiger partial charge in [0.05, 0.1) is 5.56 Å². The summed E-state index contributed by atoms with van der Waals surface area (Å²) in [5.41, 5.74) is 0.674. The zero-order chi connectivity index (χ0) is 16.9. The SMILES string of the molecule is CC1CCN(C(=O)c2ccc(NC3CCCC3CCO)nc2)CC1. The van der Waals surface area contributed by atoms with Crippen molar-refractivity contribution >= 4 is 11.7 Å². The first-order valence-electron chi connectivity index (χ1n) is 9.30. The molecule has 0 radical (unpaired) electrons. The number of piperidine rings is 1. The van der Waals surface area contributed by atoms with Gasteiger partial charge in [-0.3, -0.25) is 4.79 Å². The lowest BCUT2D eigenvalue weighted by molar-refractivity contribution is 0.0697. The van der Waals surface area contributed by atoms with Crippen LogP contribution in [0.2, 0.25) is 0 Å². The Balaban J connectivity index is 1.58. The van der Waals surface area contributed by atoms with Crippen LogP contribution in [0.3, 0.4) is 0 Å². The molecule has 0 spiro atoms. The summed E-state index contributed by atoms with van der Waals surface area (Å²) in [5, 5.41) is 12.6. The predicted octanol–water partition coefficient (Wildman–Crippen LogP) is 2.92. The summed E-state index contributed by atoms with van der Waals surface area (Å²) in [6.45, 7) is 4.20. The van der Waals surface area contributed by atoms with Crippen molar-refractivity contribution in [2.24, 2.45) is 11.8 Å². The first-order chi connectivity index (χ1) is 11.7. The van der Waals surface area contributed by atoms with Crippen molar-refractivity contribution in [3.05, 3.63) is 23.9 Å². The Kier molecular flexibility index (Phi) is 5.72. The van der Waals surface area contributed by atoms with Crippen LogP contribution in [0.25, 0.3) is 0 Å². The second-order valence-electron chi connectivity index (χ2n) is 7.36. The molecule has 24 heavy (non-hydrogen) atoms. The highest BCUT2D eigenvalue weighted by molar-refractivity contribution is 5.94. The maximum absolute atomic E-state index is 12.5. The second kappa shape index (κ2) is 7.97. The van der Waals surface area contributed by atoms with E-state index in [1.807, 2.05) is 17.0 Å². The molecule has 2 N–H and O–H groups in total. The van der Waals surface area contributed by atoms with Crippen molar-refractivity contribution < 1.29 is 9.90 Å². The van der Waals surface area contributed by atoms with E-state index in [2.05, 4.69) is 17.2 Å². The van der Waals surface area contributed by atoms with Crippen molar-refractivity contribution in [2.75, 3.05) is 25.0 Å². The number of nitrogens with one attached hydrogen (secondary N) is 1. The molecule has 0 aromatic carbocycles. The Morgan fingerprint density at radius 3 is 2.75 bits per heavy atom. The smallest absolute Gasteiger partial charge is 0.255 e. The van der Waals surface area contributed by atoms with E-state index in [0.29, 0.717) is 17.5 Å². The number of carbonyl (C=O) groups is 1. The highest BCUT2D eigenvalue weighted by atomic mass is 16.3. The topological polar surface area (TPSA) is 65.5 Å². The van der Waals surface area contributed by atoms with Gasteiger partial charge < -0.3 is 15.3 Å². The molecule has 1 saturated heterocycles. The van der Waals surface area contributed by atoms with Crippen LogP contribution in [0.15, 0.2) is 18.3 Å². The summed E-state index contributed by atoms with van der Waals surface area (Å²) >= 11 is 0. The van der Waals surface area contributed by atoms with Crippen LogP contribution in [-0.4, -0.2) is 46.6 Å². The van der Waals surface area contributed by atoms with E-state index in [-0.39, 0.29) is 12.5 Å². The molecule has 1 aromatic heterocycles. The third-order valence-electron chi connectivity index (χ3n) is 5.57. The molecule has 2 unspecified atom stereocenters. The third-order valence-corrected chi connectivity index (χ3v) is 5.57. The van der Waals surface area contributed by atoms with Gasteiger partial charge in [0.25, 0.3) is 5.91 Å². The van der Waals surface area contributed by atoms with E-state index in [4.69, 9.17) is 5.11 Å². The number of aliphatic hydroxyl groups is 1. The Labute approximate surface area is 144 Å². The van der Waals surface area contributed by atoms with E-state index >= 15 is 0 Å². The molecular formula is C19H29N3O2. The normalized spacial score (nSPS) is 25.0. The molecule has 2 aliphatic rings. The quantitative estimate of drug-likeness (QED) is 0.871. The van der Waals surface area contributed by atoms with Crippen LogP contribution in [0.5, 0.6) is 0 Å². The maximum atomic E-state index is 12.5. The summed E-state index contributed by atoms with van der Waals surface area (Å²) in [5.74, 6) is 2.17. The van der Waals surface area contributed by atoms with E-state index in [0.717, 1.165) is 50.5 Å². The van der Waals surface area contributed by atoms with Gasteiger partial charge in [-0.1, -0.05) is 13.3 Å². The molecule has 1 aromatic rings. The van der Waals surface area contributed by atoms with Gasteiger partial charge in [-0.25, -0.2) is 4.98 Å². The molecule has 5 heteroatoms. The van der Waals surface area contributed by atoms with Gasteiger partial charge in [-0.15, -0.1) is 0 Å². The third kappa shape index (κ3) is 4.07. The van der Waals surface area contributed by atoms with Crippen molar-refractivity contribution in [3.63, 3.8) is 0 Å². The fraction of sp³-hybridized carbons (Fsp3) is 0.684. The molecule has 0 bridgehead atoms. The summed E-state index contributed by atoms with van der Waals surface area (Å²) < 4.78 is 0. The van der Waals surface area contributed by atoms with E-state index in [1.54, 1.807) is 6.20 Å². The molecule has 1 aliphatic heterocycles. The van der Waals surface area contributed by atoms with Crippen LogP contribution in [-0.2, 0) is 0 Å². The van der Waals surface area contributed by atoms with Gasteiger partial charge in [0.1, 0.15) is 5.82 Å². The maximum Gasteiger partial charge on any atom is 0.255 e. The molecule has 2 heterocycles.